The first kappa shape index (κ1) is 14.6. The lowest BCUT2D eigenvalue weighted by molar-refractivity contribution is 0.350. The molecule has 0 radical (unpaired) electrons. The SMILES string of the molecule is CCCNC(Cc1nc2ccccc2n1C)C1CCCC1. The van der Waals surface area contributed by atoms with Gasteiger partial charge in [0, 0.05) is 19.5 Å². The third-order valence-electron chi connectivity index (χ3n) is 4.91. The summed E-state index contributed by atoms with van der Waals surface area (Å²) in [5.41, 5.74) is 2.36. The highest BCUT2D eigenvalue weighted by Gasteiger charge is 2.26. The largest absolute Gasteiger partial charge is 0.331 e. The van der Waals surface area contributed by atoms with E-state index in [1.807, 2.05) is 0 Å². The molecule has 1 aromatic carbocycles. The van der Waals surface area contributed by atoms with Gasteiger partial charge in [0.05, 0.1) is 11.0 Å². The Labute approximate surface area is 127 Å². The second-order valence-electron chi connectivity index (χ2n) is 6.39. The molecule has 1 aromatic heterocycles. The number of aromatic nitrogens is 2. The molecule has 1 aliphatic rings. The molecular weight excluding hydrogens is 258 g/mol. The van der Waals surface area contributed by atoms with Gasteiger partial charge in [-0.3, -0.25) is 0 Å². The van der Waals surface area contributed by atoms with Crippen LogP contribution in [0.15, 0.2) is 24.3 Å². The molecule has 1 aliphatic carbocycles. The number of para-hydroxylation sites is 2. The number of benzene rings is 1. The van der Waals surface area contributed by atoms with Crippen LogP contribution in [0.25, 0.3) is 11.0 Å². The average molecular weight is 285 g/mol. The average Bonchev–Trinajstić information content (AvgIpc) is 3.13. The monoisotopic (exact) mass is 285 g/mol. The van der Waals surface area contributed by atoms with Gasteiger partial charge in [-0.05, 0) is 43.9 Å². The van der Waals surface area contributed by atoms with Gasteiger partial charge >= 0.3 is 0 Å². The topological polar surface area (TPSA) is 29.9 Å². The molecule has 1 heterocycles. The maximum absolute atomic E-state index is 4.85. The van der Waals surface area contributed by atoms with E-state index < -0.39 is 0 Å². The second-order valence-corrected chi connectivity index (χ2v) is 6.39. The summed E-state index contributed by atoms with van der Waals surface area (Å²) in [5.74, 6) is 2.05. The van der Waals surface area contributed by atoms with E-state index in [2.05, 4.69) is 48.1 Å². The van der Waals surface area contributed by atoms with Gasteiger partial charge in [-0.15, -0.1) is 0 Å². The van der Waals surface area contributed by atoms with Crippen molar-refractivity contribution in [1.82, 2.24) is 14.9 Å². The van der Waals surface area contributed by atoms with Crippen molar-refractivity contribution in [2.75, 3.05) is 6.54 Å². The first-order chi connectivity index (χ1) is 10.3. The highest BCUT2D eigenvalue weighted by atomic mass is 15.1. The van der Waals surface area contributed by atoms with Crippen molar-refractivity contribution in [2.24, 2.45) is 13.0 Å². The molecule has 0 saturated heterocycles. The third kappa shape index (κ3) is 3.13. The Hall–Kier alpha value is -1.35. The Bertz CT molecular complexity index is 581. The van der Waals surface area contributed by atoms with Crippen LogP contribution in [-0.4, -0.2) is 22.1 Å². The predicted molar refractivity (Wildman–Crippen MR) is 88.5 cm³/mol. The summed E-state index contributed by atoms with van der Waals surface area (Å²) in [7, 11) is 2.15. The zero-order valence-electron chi connectivity index (χ0n) is 13.3. The van der Waals surface area contributed by atoms with Crippen molar-refractivity contribution in [3.05, 3.63) is 30.1 Å². The third-order valence-corrected chi connectivity index (χ3v) is 4.91. The van der Waals surface area contributed by atoms with Crippen LogP contribution in [-0.2, 0) is 13.5 Å². The molecule has 0 amide bonds. The van der Waals surface area contributed by atoms with Crippen LogP contribution >= 0.6 is 0 Å². The van der Waals surface area contributed by atoms with Gasteiger partial charge in [0.25, 0.3) is 0 Å². The zero-order valence-corrected chi connectivity index (χ0v) is 13.3. The number of hydrogen-bond acceptors (Lipinski definition) is 2. The molecule has 1 N–H and O–H groups in total. The van der Waals surface area contributed by atoms with E-state index in [0.717, 1.165) is 24.4 Å². The lowest BCUT2D eigenvalue weighted by atomic mass is 9.95. The summed E-state index contributed by atoms with van der Waals surface area (Å²) < 4.78 is 2.27. The minimum Gasteiger partial charge on any atom is -0.331 e. The van der Waals surface area contributed by atoms with Gasteiger partial charge in [-0.1, -0.05) is 31.9 Å². The van der Waals surface area contributed by atoms with Crippen molar-refractivity contribution in [2.45, 2.75) is 51.5 Å². The summed E-state index contributed by atoms with van der Waals surface area (Å²) >= 11 is 0. The molecule has 1 saturated carbocycles. The lowest BCUT2D eigenvalue weighted by Crippen LogP contribution is -2.38. The fourth-order valence-corrected chi connectivity index (χ4v) is 3.67. The quantitative estimate of drug-likeness (QED) is 0.877. The van der Waals surface area contributed by atoms with Crippen molar-refractivity contribution >= 4 is 11.0 Å². The summed E-state index contributed by atoms with van der Waals surface area (Å²) in [6.45, 7) is 3.36. The molecule has 0 bridgehead atoms. The molecule has 3 heteroatoms. The van der Waals surface area contributed by atoms with Gasteiger partial charge in [-0.25, -0.2) is 4.98 Å². The van der Waals surface area contributed by atoms with Crippen molar-refractivity contribution in [3.63, 3.8) is 0 Å². The first-order valence-electron chi connectivity index (χ1n) is 8.43. The van der Waals surface area contributed by atoms with E-state index in [-0.39, 0.29) is 0 Å². The van der Waals surface area contributed by atoms with Gasteiger partial charge in [0.2, 0.25) is 0 Å². The Balaban J connectivity index is 1.81. The van der Waals surface area contributed by atoms with E-state index in [9.17, 15) is 0 Å². The summed E-state index contributed by atoms with van der Waals surface area (Å²) in [6.07, 6.45) is 7.81. The van der Waals surface area contributed by atoms with Gasteiger partial charge in [-0.2, -0.15) is 0 Å². The number of imidazole rings is 1. The van der Waals surface area contributed by atoms with Crippen LogP contribution in [0.3, 0.4) is 0 Å². The van der Waals surface area contributed by atoms with E-state index in [1.165, 1.54) is 43.4 Å². The van der Waals surface area contributed by atoms with E-state index in [4.69, 9.17) is 4.98 Å². The Kier molecular flexibility index (Phi) is 4.59. The maximum atomic E-state index is 4.85. The molecule has 3 nitrogen and oxygen atoms in total. The Morgan fingerprint density at radius 3 is 2.76 bits per heavy atom. The van der Waals surface area contributed by atoms with Crippen LogP contribution in [0.5, 0.6) is 0 Å². The summed E-state index contributed by atoms with van der Waals surface area (Å²) in [6, 6.07) is 9.03. The second kappa shape index (κ2) is 6.61. The highest BCUT2D eigenvalue weighted by molar-refractivity contribution is 5.75. The smallest absolute Gasteiger partial charge is 0.111 e. The molecule has 114 valence electrons. The van der Waals surface area contributed by atoms with Crippen molar-refractivity contribution < 1.29 is 0 Å². The normalized spacial score (nSPS) is 17.6. The van der Waals surface area contributed by atoms with Crippen molar-refractivity contribution in [3.8, 4) is 0 Å². The molecule has 21 heavy (non-hydrogen) atoms. The molecular formula is C18H27N3. The molecule has 1 atom stereocenters. The Morgan fingerprint density at radius 2 is 2.05 bits per heavy atom. The molecule has 3 rings (SSSR count). The standard InChI is InChI=1S/C18H27N3/c1-3-12-19-16(14-8-4-5-9-14)13-18-20-15-10-6-7-11-17(15)21(18)2/h6-7,10-11,14,16,19H,3-5,8-9,12-13H2,1-2H3. The predicted octanol–water partition coefficient (Wildman–Crippen LogP) is 3.67. The molecule has 0 spiro atoms. The van der Waals surface area contributed by atoms with Crippen LogP contribution in [0, 0.1) is 5.92 Å². The van der Waals surface area contributed by atoms with E-state index >= 15 is 0 Å². The summed E-state index contributed by atoms with van der Waals surface area (Å²) in [5, 5.41) is 3.78. The molecule has 0 aliphatic heterocycles. The molecule has 1 unspecified atom stereocenters. The van der Waals surface area contributed by atoms with Crippen molar-refractivity contribution in [1.29, 1.82) is 0 Å². The maximum Gasteiger partial charge on any atom is 0.111 e. The van der Waals surface area contributed by atoms with Crippen LogP contribution in [0.1, 0.15) is 44.9 Å². The fourth-order valence-electron chi connectivity index (χ4n) is 3.67. The zero-order chi connectivity index (χ0) is 14.7. The number of nitrogens with zero attached hydrogens (tertiary/aromatic N) is 2. The number of fused-ring (bicyclic) bond motifs is 1. The molecule has 2 aromatic rings. The fraction of sp³-hybridized carbons (Fsp3) is 0.611. The first-order valence-corrected chi connectivity index (χ1v) is 8.43. The van der Waals surface area contributed by atoms with Crippen LogP contribution in [0.4, 0.5) is 0 Å². The van der Waals surface area contributed by atoms with E-state index in [1.54, 1.807) is 0 Å². The molecule has 1 fully saturated rings. The van der Waals surface area contributed by atoms with Gasteiger partial charge in [0.1, 0.15) is 5.82 Å². The minimum absolute atomic E-state index is 0.586. The Morgan fingerprint density at radius 1 is 1.29 bits per heavy atom. The highest BCUT2D eigenvalue weighted by Crippen LogP contribution is 2.29. The minimum atomic E-state index is 0.586. The number of hydrogen-bond donors (Lipinski definition) is 1. The number of nitrogens with one attached hydrogen (secondary N) is 1. The van der Waals surface area contributed by atoms with Crippen LogP contribution in [0.2, 0.25) is 0 Å². The van der Waals surface area contributed by atoms with Gasteiger partial charge in [0.15, 0.2) is 0 Å². The number of aryl methyl sites for hydroxylation is 1. The van der Waals surface area contributed by atoms with Gasteiger partial charge < -0.3 is 9.88 Å². The number of rotatable bonds is 6. The lowest BCUT2D eigenvalue weighted by Gasteiger charge is -2.24. The van der Waals surface area contributed by atoms with E-state index in [0.29, 0.717) is 6.04 Å². The van der Waals surface area contributed by atoms with Crippen LogP contribution < -0.4 is 5.32 Å². The summed E-state index contributed by atoms with van der Waals surface area (Å²) in [4.78, 5) is 4.85.